The van der Waals surface area contributed by atoms with Gasteiger partial charge in [0.2, 0.25) is 0 Å². The van der Waals surface area contributed by atoms with Gasteiger partial charge in [0.25, 0.3) is 5.91 Å². The summed E-state index contributed by atoms with van der Waals surface area (Å²) >= 11 is 0. The number of carboxylic acids is 2. The first-order chi connectivity index (χ1) is 16.2. The van der Waals surface area contributed by atoms with Crippen LogP contribution in [0.5, 0.6) is 17.2 Å². The Balaban J connectivity index is 0.000000604. The van der Waals surface area contributed by atoms with E-state index in [1.165, 1.54) is 12.1 Å². The molecule has 1 heterocycles. The molecule has 1 aliphatic heterocycles. The second-order valence-electron chi connectivity index (χ2n) is 7.18. The van der Waals surface area contributed by atoms with E-state index in [1.54, 1.807) is 38.4 Å². The van der Waals surface area contributed by atoms with Gasteiger partial charge in [-0.1, -0.05) is 12.1 Å². The van der Waals surface area contributed by atoms with Gasteiger partial charge in [0.05, 0.1) is 26.9 Å². The standard InChI is InChI=1S/C21H25FN2O4.C2H2O4/c1-26-18-13-20(28-3)19(27-2)12-15(18)14-23-8-10-24(11-9-23)21(25)16-6-4-5-7-17(16)22;3-1(4)2(5)6/h4-7,12-13H,8-11,14H2,1-3H3;(H,3,4)(H,5,6). The molecule has 0 bridgehead atoms. The SMILES string of the molecule is COc1cc(OC)c(OC)cc1CN1CCN(C(=O)c2ccccc2F)CC1.O=C(O)C(=O)O. The Morgan fingerprint density at radius 1 is 0.853 bits per heavy atom. The fraction of sp³-hybridized carbons (Fsp3) is 0.348. The van der Waals surface area contributed by atoms with E-state index in [0.29, 0.717) is 44.2 Å². The molecule has 0 unspecified atom stereocenters. The maximum absolute atomic E-state index is 13.9. The van der Waals surface area contributed by atoms with E-state index >= 15 is 0 Å². The van der Waals surface area contributed by atoms with Crippen molar-refractivity contribution in [2.45, 2.75) is 6.54 Å². The van der Waals surface area contributed by atoms with Crippen molar-refractivity contribution in [1.29, 1.82) is 0 Å². The molecule has 3 rings (SSSR count). The topological polar surface area (TPSA) is 126 Å². The Kier molecular flexibility index (Phi) is 9.62. The molecule has 10 nitrogen and oxygen atoms in total. The lowest BCUT2D eigenvalue weighted by atomic mass is 10.1. The van der Waals surface area contributed by atoms with Crippen molar-refractivity contribution in [2.75, 3.05) is 47.5 Å². The highest BCUT2D eigenvalue weighted by Crippen LogP contribution is 2.35. The predicted molar refractivity (Wildman–Crippen MR) is 119 cm³/mol. The number of halogens is 1. The minimum Gasteiger partial charge on any atom is -0.496 e. The number of carboxylic acid groups (broad SMARTS) is 2. The first-order valence-corrected chi connectivity index (χ1v) is 10.2. The summed E-state index contributed by atoms with van der Waals surface area (Å²) in [6, 6.07) is 9.82. The van der Waals surface area contributed by atoms with Crippen molar-refractivity contribution >= 4 is 17.8 Å². The number of piperazine rings is 1. The second-order valence-corrected chi connectivity index (χ2v) is 7.18. The smallest absolute Gasteiger partial charge is 0.414 e. The van der Waals surface area contributed by atoms with Gasteiger partial charge in [-0.25, -0.2) is 14.0 Å². The van der Waals surface area contributed by atoms with Crippen molar-refractivity contribution in [1.82, 2.24) is 9.80 Å². The zero-order valence-corrected chi connectivity index (χ0v) is 19.1. The molecule has 1 amide bonds. The molecule has 34 heavy (non-hydrogen) atoms. The third kappa shape index (κ3) is 6.82. The van der Waals surface area contributed by atoms with Gasteiger partial charge in [0, 0.05) is 44.4 Å². The average molecular weight is 478 g/mol. The zero-order valence-electron chi connectivity index (χ0n) is 19.1. The number of methoxy groups -OCH3 is 3. The van der Waals surface area contributed by atoms with Crippen LogP contribution in [0.1, 0.15) is 15.9 Å². The molecule has 1 aliphatic rings. The molecule has 1 fully saturated rings. The number of rotatable bonds is 6. The van der Waals surface area contributed by atoms with Gasteiger partial charge >= 0.3 is 11.9 Å². The quantitative estimate of drug-likeness (QED) is 0.599. The number of aliphatic carboxylic acids is 2. The maximum Gasteiger partial charge on any atom is 0.414 e. The summed E-state index contributed by atoms with van der Waals surface area (Å²) in [5, 5.41) is 14.8. The summed E-state index contributed by atoms with van der Waals surface area (Å²) in [5.41, 5.74) is 1.10. The summed E-state index contributed by atoms with van der Waals surface area (Å²) < 4.78 is 30.1. The van der Waals surface area contributed by atoms with Gasteiger partial charge in [0.1, 0.15) is 11.6 Å². The Labute approximate surface area is 196 Å². The van der Waals surface area contributed by atoms with Crippen LogP contribution in [0.2, 0.25) is 0 Å². The maximum atomic E-state index is 13.9. The van der Waals surface area contributed by atoms with Crippen LogP contribution in [0.3, 0.4) is 0 Å². The molecule has 184 valence electrons. The van der Waals surface area contributed by atoms with Gasteiger partial charge in [-0.15, -0.1) is 0 Å². The van der Waals surface area contributed by atoms with Crippen LogP contribution in [0.15, 0.2) is 36.4 Å². The number of carbonyl (C=O) groups is 3. The van der Waals surface area contributed by atoms with E-state index in [4.69, 9.17) is 34.0 Å². The molecule has 0 saturated carbocycles. The Morgan fingerprint density at radius 2 is 1.38 bits per heavy atom. The largest absolute Gasteiger partial charge is 0.496 e. The van der Waals surface area contributed by atoms with Gasteiger partial charge < -0.3 is 29.3 Å². The van der Waals surface area contributed by atoms with Crippen molar-refractivity contribution in [3.8, 4) is 17.2 Å². The number of carbonyl (C=O) groups excluding carboxylic acids is 1. The molecular formula is C23H27FN2O8. The molecular weight excluding hydrogens is 451 g/mol. The van der Waals surface area contributed by atoms with E-state index in [2.05, 4.69) is 4.90 Å². The summed E-state index contributed by atoms with van der Waals surface area (Å²) in [4.78, 5) is 34.7. The van der Waals surface area contributed by atoms with E-state index < -0.39 is 17.8 Å². The molecule has 0 aliphatic carbocycles. The number of amides is 1. The number of nitrogens with zero attached hydrogens (tertiary/aromatic N) is 2. The van der Waals surface area contributed by atoms with Crippen LogP contribution in [0.4, 0.5) is 4.39 Å². The third-order valence-corrected chi connectivity index (χ3v) is 5.13. The Hall–Kier alpha value is -3.86. The summed E-state index contributed by atoms with van der Waals surface area (Å²) in [6.07, 6.45) is 0. The van der Waals surface area contributed by atoms with Crippen molar-refractivity contribution < 1.29 is 43.2 Å². The van der Waals surface area contributed by atoms with Crippen LogP contribution < -0.4 is 14.2 Å². The van der Waals surface area contributed by atoms with Crippen LogP contribution in [0.25, 0.3) is 0 Å². The first-order valence-electron chi connectivity index (χ1n) is 10.2. The molecule has 1 saturated heterocycles. The monoisotopic (exact) mass is 478 g/mol. The molecule has 0 aromatic heterocycles. The fourth-order valence-electron chi connectivity index (χ4n) is 3.37. The summed E-state index contributed by atoms with van der Waals surface area (Å²) in [7, 11) is 4.81. The summed E-state index contributed by atoms with van der Waals surface area (Å²) in [6.45, 7) is 3.13. The van der Waals surface area contributed by atoms with Gasteiger partial charge in [-0.3, -0.25) is 9.69 Å². The number of ether oxygens (including phenoxy) is 3. The van der Waals surface area contributed by atoms with E-state index in [0.717, 1.165) is 11.3 Å². The fourth-order valence-corrected chi connectivity index (χ4v) is 3.37. The van der Waals surface area contributed by atoms with Gasteiger partial charge in [0.15, 0.2) is 11.5 Å². The molecule has 2 aromatic carbocycles. The highest BCUT2D eigenvalue weighted by atomic mass is 19.1. The van der Waals surface area contributed by atoms with Crippen LogP contribution >= 0.6 is 0 Å². The molecule has 0 spiro atoms. The lowest BCUT2D eigenvalue weighted by molar-refractivity contribution is -0.159. The van der Waals surface area contributed by atoms with Crippen molar-refractivity contribution in [3.63, 3.8) is 0 Å². The van der Waals surface area contributed by atoms with Gasteiger partial charge in [-0.2, -0.15) is 0 Å². The first kappa shape index (κ1) is 26.4. The van der Waals surface area contributed by atoms with E-state index in [9.17, 15) is 9.18 Å². The Bertz CT molecular complexity index is 1010. The number of hydrogen-bond acceptors (Lipinski definition) is 7. The summed E-state index contributed by atoms with van der Waals surface area (Å²) in [5.74, 6) is -2.41. The number of hydrogen-bond donors (Lipinski definition) is 2. The van der Waals surface area contributed by atoms with Crippen LogP contribution in [0, 0.1) is 5.82 Å². The minimum atomic E-state index is -1.82. The minimum absolute atomic E-state index is 0.123. The predicted octanol–water partition coefficient (Wildman–Crippen LogP) is 1.97. The zero-order chi connectivity index (χ0) is 25.3. The van der Waals surface area contributed by atoms with Crippen LogP contribution in [-0.4, -0.2) is 85.4 Å². The molecule has 0 radical (unpaired) electrons. The highest BCUT2D eigenvalue weighted by molar-refractivity contribution is 6.27. The van der Waals surface area contributed by atoms with Gasteiger partial charge in [-0.05, 0) is 18.2 Å². The second kappa shape index (κ2) is 12.4. The van der Waals surface area contributed by atoms with E-state index in [-0.39, 0.29) is 11.5 Å². The Morgan fingerprint density at radius 3 is 1.88 bits per heavy atom. The van der Waals surface area contributed by atoms with Crippen LogP contribution in [-0.2, 0) is 16.1 Å². The molecule has 2 N–H and O–H groups in total. The third-order valence-electron chi connectivity index (χ3n) is 5.13. The molecule has 0 atom stereocenters. The molecule has 2 aromatic rings. The molecule has 11 heteroatoms. The normalized spacial score (nSPS) is 13.4. The highest BCUT2D eigenvalue weighted by Gasteiger charge is 2.25. The van der Waals surface area contributed by atoms with E-state index in [1.807, 2.05) is 12.1 Å². The lowest BCUT2D eigenvalue weighted by Gasteiger charge is -2.35. The average Bonchev–Trinajstić information content (AvgIpc) is 2.84. The van der Waals surface area contributed by atoms with Crippen molar-refractivity contribution in [3.05, 3.63) is 53.3 Å². The number of benzene rings is 2. The van der Waals surface area contributed by atoms with Crippen molar-refractivity contribution in [2.24, 2.45) is 0 Å². The lowest BCUT2D eigenvalue weighted by Crippen LogP contribution is -2.48.